The zero-order valence-electron chi connectivity index (χ0n) is 14.1. The maximum atomic E-state index is 12.6. The molecule has 5 nitrogen and oxygen atoms in total. The van der Waals surface area contributed by atoms with Crippen LogP contribution >= 0.6 is 24.0 Å². The van der Waals surface area contributed by atoms with Crippen molar-refractivity contribution in [3.8, 4) is 11.3 Å². The molecule has 24 heavy (non-hydrogen) atoms. The Morgan fingerprint density at radius 1 is 1.33 bits per heavy atom. The fourth-order valence-electron chi connectivity index (χ4n) is 2.32. The number of benzene rings is 1. The summed E-state index contributed by atoms with van der Waals surface area (Å²) in [6.45, 7) is 6.12. The van der Waals surface area contributed by atoms with Gasteiger partial charge in [0.1, 0.15) is 17.0 Å². The molecule has 2 aromatic rings. The van der Waals surface area contributed by atoms with Crippen molar-refractivity contribution < 1.29 is 9.32 Å². The van der Waals surface area contributed by atoms with Gasteiger partial charge in [-0.2, -0.15) is 0 Å². The summed E-state index contributed by atoms with van der Waals surface area (Å²) in [5.74, 6) is 0.198. The summed E-state index contributed by atoms with van der Waals surface area (Å²) in [5, 5.41) is 7.41. The number of carbonyl (C=O) groups is 1. The zero-order valence-corrected chi connectivity index (χ0v) is 15.6. The van der Waals surface area contributed by atoms with Crippen molar-refractivity contribution >= 4 is 29.9 Å². The minimum absolute atomic E-state index is 0. The summed E-state index contributed by atoms with van der Waals surface area (Å²) >= 11 is 6.21. The lowest BCUT2D eigenvalue weighted by molar-refractivity contribution is 0.0941. The van der Waals surface area contributed by atoms with Crippen molar-refractivity contribution in [1.82, 2.24) is 10.5 Å². The van der Waals surface area contributed by atoms with E-state index in [1.807, 2.05) is 32.0 Å². The van der Waals surface area contributed by atoms with Crippen LogP contribution in [0.4, 0.5) is 0 Å². The van der Waals surface area contributed by atoms with E-state index in [9.17, 15) is 4.79 Å². The van der Waals surface area contributed by atoms with Crippen LogP contribution in [-0.4, -0.2) is 23.1 Å². The van der Waals surface area contributed by atoms with Gasteiger partial charge in [-0.3, -0.25) is 4.79 Å². The van der Waals surface area contributed by atoms with Crippen LogP contribution in [0.25, 0.3) is 11.3 Å². The van der Waals surface area contributed by atoms with Gasteiger partial charge in [0, 0.05) is 17.6 Å². The highest BCUT2D eigenvalue weighted by Gasteiger charge is 2.26. The highest BCUT2D eigenvalue weighted by molar-refractivity contribution is 6.33. The molecule has 0 aliphatic carbocycles. The molecule has 0 aliphatic heterocycles. The van der Waals surface area contributed by atoms with E-state index >= 15 is 0 Å². The standard InChI is InChI=1S/C17H22ClN3O2.ClH/c1-4-17(19,5-2)10-20-16(22)14-11(3)23-21-15(14)12-8-6-7-9-13(12)18;/h6-9H,4-5,10,19H2,1-3H3,(H,20,22);1H. The third-order valence-electron chi connectivity index (χ3n) is 4.23. The van der Waals surface area contributed by atoms with E-state index in [0.29, 0.717) is 34.1 Å². The topological polar surface area (TPSA) is 81.1 Å². The summed E-state index contributed by atoms with van der Waals surface area (Å²) in [4.78, 5) is 12.6. The van der Waals surface area contributed by atoms with Gasteiger partial charge in [-0.1, -0.05) is 48.8 Å². The van der Waals surface area contributed by atoms with Crippen LogP contribution in [-0.2, 0) is 0 Å². The molecule has 1 aromatic heterocycles. The smallest absolute Gasteiger partial charge is 0.257 e. The number of hydrogen-bond acceptors (Lipinski definition) is 4. The average molecular weight is 372 g/mol. The summed E-state index contributed by atoms with van der Waals surface area (Å²) in [5.41, 5.74) is 7.33. The predicted octanol–water partition coefficient (Wildman–Crippen LogP) is 3.97. The van der Waals surface area contributed by atoms with E-state index in [1.54, 1.807) is 13.0 Å². The summed E-state index contributed by atoms with van der Waals surface area (Å²) < 4.78 is 5.21. The Kier molecular flexibility index (Phi) is 7.27. The van der Waals surface area contributed by atoms with Gasteiger partial charge in [-0.05, 0) is 25.8 Å². The third-order valence-corrected chi connectivity index (χ3v) is 4.56. The van der Waals surface area contributed by atoms with Crippen LogP contribution in [0.3, 0.4) is 0 Å². The van der Waals surface area contributed by atoms with Gasteiger partial charge in [0.25, 0.3) is 5.91 Å². The second-order valence-corrected chi connectivity index (χ2v) is 6.10. The highest BCUT2D eigenvalue weighted by atomic mass is 35.5. The lowest BCUT2D eigenvalue weighted by Gasteiger charge is -2.26. The Hall–Kier alpha value is -1.56. The van der Waals surface area contributed by atoms with Crippen LogP contribution in [0.15, 0.2) is 28.8 Å². The van der Waals surface area contributed by atoms with E-state index in [4.69, 9.17) is 21.9 Å². The van der Waals surface area contributed by atoms with E-state index < -0.39 is 5.54 Å². The molecule has 0 bridgehead atoms. The molecule has 1 amide bonds. The van der Waals surface area contributed by atoms with Gasteiger partial charge in [-0.25, -0.2) is 0 Å². The Labute approximate surface area is 153 Å². The first-order valence-corrected chi connectivity index (χ1v) is 8.08. The van der Waals surface area contributed by atoms with Crippen LogP contribution in [0.5, 0.6) is 0 Å². The summed E-state index contributed by atoms with van der Waals surface area (Å²) in [6.07, 6.45) is 1.56. The molecule has 3 N–H and O–H groups in total. The van der Waals surface area contributed by atoms with Gasteiger partial charge in [0.15, 0.2) is 0 Å². The van der Waals surface area contributed by atoms with E-state index in [0.717, 1.165) is 12.8 Å². The van der Waals surface area contributed by atoms with Crippen molar-refractivity contribution in [1.29, 1.82) is 0 Å². The number of aryl methyl sites for hydroxylation is 1. The van der Waals surface area contributed by atoms with Gasteiger partial charge in [0.05, 0.1) is 5.02 Å². The maximum Gasteiger partial charge on any atom is 0.257 e. The Morgan fingerprint density at radius 2 is 1.96 bits per heavy atom. The maximum absolute atomic E-state index is 12.6. The minimum atomic E-state index is -0.411. The van der Waals surface area contributed by atoms with Crippen molar-refractivity contribution in [2.75, 3.05) is 6.54 Å². The fourth-order valence-corrected chi connectivity index (χ4v) is 2.55. The number of nitrogens with zero attached hydrogens (tertiary/aromatic N) is 1. The molecule has 0 saturated carbocycles. The molecule has 0 radical (unpaired) electrons. The molecule has 1 heterocycles. The van der Waals surface area contributed by atoms with Gasteiger partial charge >= 0.3 is 0 Å². The van der Waals surface area contributed by atoms with Gasteiger partial charge in [-0.15, -0.1) is 12.4 Å². The van der Waals surface area contributed by atoms with Crippen LogP contribution in [0, 0.1) is 6.92 Å². The SMILES string of the molecule is CCC(N)(CC)CNC(=O)c1c(-c2ccccc2Cl)noc1C.Cl. The van der Waals surface area contributed by atoms with Crippen LogP contribution in [0.2, 0.25) is 5.02 Å². The van der Waals surface area contributed by atoms with Crippen molar-refractivity contribution in [2.45, 2.75) is 39.2 Å². The average Bonchev–Trinajstić information content (AvgIpc) is 2.94. The molecule has 0 saturated heterocycles. The molecule has 132 valence electrons. The number of amides is 1. The van der Waals surface area contributed by atoms with Gasteiger partial charge < -0.3 is 15.6 Å². The number of nitrogens with two attached hydrogens (primary N) is 1. The molecule has 0 spiro atoms. The minimum Gasteiger partial charge on any atom is -0.360 e. The molecular formula is C17H23Cl2N3O2. The van der Waals surface area contributed by atoms with Crippen molar-refractivity contribution in [3.63, 3.8) is 0 Å². The number of rotatable bonds is 6. The quantitative estimate of drug-likeness (QED) is 0.804. The molecule has 7 heteroatoms. The Morgan fingerprint density at radius 3 is 2.54 bits per heavy atom. The van der Waals surface area contributed by atoms with Crippen LogP contribution in [0.1, 0.15) is 42.8 Å². The molecule has 0 aliphatic rings. The molecule has 0 unspecified atom stereocenters. The highest BCUT2D eigenvalue weighted by Crippen LogP contribution is 2.30. The lowest BCUT2D eigenvalue weighted by atomic mass is 9.94. The van der Waals surface area contributed by atoms with Crippen molar-refractivity contribution in [2.24, 2.45) is 5.73 Å². The monoisotopic (exact) mass is 371 g/mol. The van der Waals surface area contributed by atoms with E-state index in [2.05, 4.69) is 10.5 Å². The fraction of sp³-hybridized carbons (Fsp3) is 0.412. The molecule has 2 rings (SSSR count). The second-order valence-electron chi connectivity index (χ2n) is 5.69. The first kappa shape index (κ1) is 20.5. The molecule has 0 fully saturated rings. The van der Waals surface area contributed by atoms with Crippen molar-refractivity contribution in [3.05, 3.63) is 40.6 Å². The number of carbonyl (C=O) groups excluding carboxylic acids is 1. The second kappa shape index (κ2) is 8.51. The number of aromatic nitrogens is 1. The molecule has 1 aromatic carbocycles. The Balaban J connectivity index is 0.00000288. The van der Waals surface area contributed by atoms with E-state index in [-0.39, 0.29) is 18.3 Å². The predicted molar refractivity (Wildman–Crippen MR) is 98.8 cm³/mol. The lowest BCUT2D eigenvalue weighted by Crippen LogP contribution is -2.49. The zero-order chi connectivity index (χ0) is 17.0. The van der Waals surface area contributed by atoms with Gasteiger partial charge in [0.2, 0.25) is 0 Å². The number of halogens is 2. The Bertz CT molecular complexity index is 697. The molecule has 0 atom stereocenters. The molecular weight excluding hydrogens is 349 g/mol. The number of nitrogens with one attached hydrogen (secondary N) is 1. The first-order chi connectivity index (χ1) is 10.9. The normalized spacial score (nSPS) is 11.0. The summed E-state index contributed by atoms with van der Waals surface area (Å²) in [6, 6.07) is 7.22. The number of hydrogen-bond donors (Lipinski definition) is 2. The summed E-state index contributed by atoms with van der Waals surface area (Å²) in [7, 11) is 0. The largest absolute Gasteiger partial charge is 0.360 e. The van der Waals surface area contributed by atoms with Crippen LogP contribution < -0.4 is 11.1 Å². The third kappa shape index (κ3) is 4.29. The van der Waals surface area contributed by atoms with E-state index in [1.165, 1.54) is 0 Å². The first-order valence-electron chi connectivity index (χ1n) is 7.70.